The van der Waals surface area contributed by atoms with Crippen LogP contribution in [0, 0.1) is 0 Å². The van der Waals surface area contributed by atoms with Gasteiger partial charge in [0.2, 0.25) is 5.91 Å². The molecule has 5 nitrogen and oxygen atoms in total. The molecule has 1 aromatic rings. The first-order valence-electron chi connectivity index (χ1n) is 3.99. The van der Waals surface area contributed by atoms with Gasteiger partial charge in [-0.2, -0.15) is 0 Å². The lowest BCUT2D eigenvalue weighted by Gasteiger charge is -2.07. The molecule has 6 N–H and O–H groups in total. The average molecular weight is 212 g/mol. The molecule has 1 unspecified atom stereocenters. The zero-order valence-electron chi connectivity index (χ0n) is 7.51. The van der Waals surface area contributed by atoms with Gasteiger partial charge in [-0.05, 0) is 12.1 Å². The van der Waals surface area contributed by atoms with Gasteiger partial charge in [0, 0.05) is 11.9 Å². The third-order valence-corrected chi connectivity index (χ3v) is 2.71. The Hall–Kier alpha value is -1.27. The molecule has 6 heteroatoms. The second-order valence-corrected chi connectivity index (χ2v) is 3.73. The highest BCUT2D eigenvalue weighted by atomic mass is 32.2. The standard InChI is InChI=1S/C8H12N4OS/c9-5-2-1-3-12-8(5)14-4-6(10)7(11)13/h1-3,6H,4,9-10H2,(H2,11,13). The number of pyridine rings is 1. The van der Waals surface area contributed by atoms with E-state index in [9.17, 15) is 4.79 Å². The number of aromatic nitrogens is 1. The van der Waals surface area contributed by atoms with Gasteiger partial charge in [0.15, 0.2) is 0 Å². The Bertz CT molecular complexity index is 331. The van der Waals surface area contributed by atoms with E-state index in [4.69, 9.17) is 17.2 Å². The van der Waals surface area contributed by atoms with Crippen LogP contribution >= 0.6 is 11.8 Å². The number of carbonyl (C=O) groups is 1. The van der Waals surface area contributed by atoms with Crippen molar-refractivity contribution in [1.29, 1.82) is 0 Å². The van der Waals surface area contributed by atoms with Crippen molar-refractivity contribution in [2.45, 2.75) is 11.1 Å². The van der Waals surface area contributed by atoms with Gasteiger partial charge >= 0.3 is 0 Å². The summed E-state index contributed by atoms with van der Waals surface area (Å²) in [5, 5.41) is 0.671. The predicted octanol–water partition coefficient (Wildman–Crippen LogP) is -0.432. The van der Waals surface area contributed by atoms with E-state index in [-0.39, 0.29) is 0 Å². The summed E-state index contributed by atoms with van der Waals surface area (Å²) in [4.78, 5) is 14.7. The Morgan fingerprint density at radius 3 is 2.93 bits per heavy atom. The highest BCUT2D eigenvalue weighted by molar-refractivity contribution is 7.99. The van der Waals surface area contributed by atoms with Crippen LogP contribution < -0.4 is 17.2 Å². The van der Waals surface area contributed by atoms with Crippen LogP contribution in [0.4, 0.5) is 5.69 Å². The highest BCUT2D eigenvalue weighted by Crippen LogP contribution is 2.21. The van der Waals surface area contributed by atoms with Gasteiger partial charge in [0.1, 0.15) is 5.03 Å². The highest BCUT2D eigenvalue weighted by Gasteiger charge is 2.10. The number of nitrogens with zero attached hydrogens (tertiary/aromatic N) is 1. The van der Waals surface area contributed by atoms with E-state index in [1.54, 1.807) is 18.3 Å². The summed E-state index contributed by atoms with van der Waals surface area (Å²) >= 11 is 1.32. The number of hydrogen-bond acceptors (Lipinski definition) is 5. The molecular formula is C8H12N4OS. The van der Waals surface area contributed by atoms with Crippen molar-refractivity contribution >= 4 is 23.4 Å². The smallest absolute Gasteiger partial charge is 0.235 e. The van der Waals surface area contributed by atoms with Crippen LogP contribution in [0.5, 0.6) is 0 Å². The summed E-state index contributed by atoms with van der Waals surface area (Å²) in [5.41, 5.74) is 16.7. The van der Waals surface area contributed by atoms with E-state index in [0.29, 0.717) is 16.5 Å². The monoisotopic (exact) mass is 212 g/mol. The molecule has 0 fully saturated rings. The van der Waals surface area contributed by atoms with Gasteiger partial charge in [-0.3, -0.25) is 4.79 Å². The molecular weight excluding hydrogens is 200 g/mol. The molecule has 14 heavy (non-hydrogen) atoms. The molecule has 1 atom stereocenters. The van der Waals surface area contributed by atoms with Crippen LogP contribution in [-0.4, -0.2) is 22.7 Å². The largest absolute Gasteiger partial charge is 0.397 e. The molecule has 0 aliphatic heterocycles. The number of nitrogens with two attached hydrogens (primary N) is 3. The second-order valence-electron chi connectivity index (χ2n) is 2.72. The molecule has 1 rings (SSSR count). The molecule has 1 aromatic heterocycles. The number of carbonyl (C=O) groups excluding carboxylic acids is 1. The Labute approximate surface area is 86.1 Å². The zero-order chi connectivity index (χ0) is 10.6. The second kappa shape index (κ2) is 4.83. The van der Waals surface area contributed by atoms with Gasteiger partial charge in [-0.25, -0.2) is 4.98 Å². The third kappa shape index (κ3) is 2.90. The summed E-state index contributed by atoms with van der Waals surface area (Å²) in [5.74, 6) is -0.136. The van der Waals surface area contributed by atoms with Crippen LogP contribution in [0.2, 0.25) is 0 Å². The van der Waals surface area contributed by atoms with E-state index < -0.39 is 11.9 Å². The molecule has 0 radical (unpaired) electrons. The number of primary amides is 1. The van der Waals surface area contributed by atoms with Gasteiger partial charge < -0.3 is 17.2 Å². The van der Waals surface area contributed by atoms with Crippen LogP contribution in [-0.2, 0) is 4.79 Å². The minimum absolute atomic E-state index is 0.385. The van der Waals surface area contributed by atoms with E-state index in [2.05, 4.69) is 4.98 Å². The molecule has 0 saturated heterocycles. The number of rotatable bonds is 4. The molecule has 1 amide bonds. The topological polar surface area (TPSA) is 108 Å². The number of amides is 1. The summed E-state index contributed by atoms with van der Waals surface area (Å²) in [7, 11) is 0. The number of thioether (sulfide) groups is 1. The first-order chi connectivity index (χ1) is 6.61. The fourth-order valence-corrected chi connectivity index (χ4v) is 1.65. The molecule has 0 aromatic carbocycles. The van der Waals surface area contributed by atoms with Crippen molar-refractivity contribution in [2.75, 3.05) is 11.5 Å². The predicted molar refractivity (Wildman–Crippen MR) is 56.5 cm³/mol. The van der Waals surface area contributed by atoms with Crippen molar-refractivity contribution in [1.82, 2.24) is 4.98 Å². The third-order valence-electron chi connectivity index (χ3n) is 1.57. The first-order valence-corrected chi connectivity index (χ1v) is 4.98. The van der Waals surface area contributed by atoms with Crippen LogP contribution in [0.15, 0.2) is 23.4 Å². The summed E-state index contributed by atoms with van der Waals surface area (Å²) in [6.07, 6.45) is 1.63. The average Bonchev–Trinajstić information content (AvgIpc) is 2.16. The Balaban J connectivity index is 2.54. The van der Waals surface area contributed by atoms with Crippen molar-refractivity contribution < 1.29 is 4.79 Å². The molecule has 0 aliphatic carbocycles. The van der Waals surface area contributed by atoms with E-state index in [1.165, 1.54) is 11.8 Å². The summed E-state index contributed by atoms with van der Waals surface area (Å²) in [6.45, 7) is 0. The van der Waals surface area contributed by atoms with Crippen LogP contribution in [0.25, 0.3) is 0 Å². The van der Waals surface area contributed by atoms with E-state index in [0.717, 1.165) is 0 Å². The van der Waals surface area contributed by atoms with Gasteiger partial charge in [0.25, 0.3) is 0 Å². The van der Waals surface area contributed by atoms with Crippen LogP contribution in [0.3, 0.4) is 0 Å². The van der Waals surface area contributed by atoms with Crippen molar-refractivity contribution in [3.8, 4) is 0 Å². The van der Waals surface area contributed by atoms with Crippen molar-refractivity contribution in [2.24, 2.45) is 11.5 Å². The Morgan fingerprint density at radius 2 is 2.36 bits per heavy atom. The van der Waals surface area contributed by atoms with Gasteiger partial charge in [0.05, 0.1) is 11.7 Å². The maximum Gasteiger partial charge on any atom is 0.235 e. The minimum Gasteiger partial charge on any atom is -0.397 e. The number of hydrogen-bond donors (Lipinski definition) is 3. The molecule has 0 bridgehead atoms. The fraction of sp³-hybridized carbons (Fsp3) is 0.250. The van der Waals surface area contributed by atoms with E-state index in [1.807, 2.05) is 0 Å². The SMILES string of the molecule is NC(=O)C(N)CSc1ncccc1N. The van der Waals surface area contributed by atoms with Gasteiger partial charge in [-0.15, -0.1) is 11.8 Å². The Morgan fingerprint density at radius 1 is 1.64 bits per heavy atom. The summed E-state index contributed by atoms with van der Waals surface area (Å²) < 4.78 is 0. The molecule has 1 heterocycles. The lowest BCUT2D eigenvalue weighted by atomic mass is 10.3. The molecule has 0 saturated carbocycles. The van der Waals surface area contributed by atoms with Crippen LogP contribution in [0.1, 0.15) is 0 Å². The normalized spacial score (nSPS) is 12.4. The molecule has 76 valence electrons. The summed E-state index contributed by atoms with van der Waals surface area (Å²) in [6, 6.07) is 2.82. The Kier molecular flexibility index (Phi) is 3.73. The van der Waals surface area contributed by atoms with Crippen molar-refractivity contribution in [3.05, 3.63) is 18.3 Å². The fourth-order valence-electron chi connectivity index (χ4n) is 0.775. The van der Waals surface area contributed by atoms with Gasteiger partial charge in [-0.1, -0.05) is 0 Å². The lowest BCUT2D eigenvalue weighted by molar-refractivity contribution is -0.118. The zero-order valence-corrected chi connectivity index (χ0v) is 8.33. The number of nitrogen functional groups attached to an aromatic ring is 1. The molecule has 0 spiro atoms. The van der Waals surface area contributed by atoms with Crippen molar-refractivity contribution in [3.63, 3.8) is 0 Å². The van der Waals surface area contributed by atoms with E-state index >= 15 is 0 Å². The first kappa shape index (κ1) is 10.8. The maximum atomic E-state index is 10.6. The number of anilines is 1. The quantitative estimate of drug-likeness (QED) is 0.587. The maximum absolute atomic E-state index is 10.6. The molecule has 0 aliphatic rings. The lowest BCUT2D eigenvalue weighted by Crippen LogP contribution is -2.38. The minimum atomic E-state index is -0.665.